The number of hydrogen-bond acceptors (Lipinski definition) is 1. The normalized spacial score (nSPS) is 12.5. The van der Waals surface area contributed by atoms with E-state index in [0.29, 0.717) is 0 Å². The van der Waals surface area contributed by atoms with Crippen molar-refractivity contribution < 1.29 is 0 Å². The van der Waals surface area contributed by atoms with Crippen molar-refractivity contribution in [3.63, 3.8) is 0 Å². The second-order valence-electron chi connectivity index (χ2n) is 4.63. The van der Waals surface area contributed by atoms with Crippen LogP contribution in [0.5, 0.6) is 0 Å². The van der Waals surface area contributed by atoms with Gasteiger partial charge in [-0.3, -0.25) is 0 Å². The summed E-state index contributed by atoms with van der Waals surface area (Å²) in [7, 11) is 0. The van der Waals surface area contributed by atoms with Crippen LogP contribution in [0.4, 0.5) is 0 Å². The van der Waals surface area contributed by atoms with Crippen molar-refractivity contribution in [3.05, 3.63) is 0 Å². The number of unbranched alkanes of at least 4 members (excludes halogenated alkanes) is 1. The maximum atomic E-state index is 5.85. The first kappa shape index (κ1) is 11.0. The molecule has 2 N–H and O–H groups in total. The van der Waals surface area contributed by atoms with Gasteiger partial charge < -0.3 is 5.73 Å². The van der Waals surface area contributed by atoms with E-state index in [9.17, 15) is 0 Å². The van der Waals surface area contributed by atoms with Crippen molar-refractivity contribution in [2.24, 2.45) is 11.7 Å². The lowest BCUT2D eigenvalue weighted by Gasteiger charge is -2.17. The molecule has 0 fully saturated rings. The monoisotopic (exact) mass is 157 g/mol. The van der Waals surface area contributed by atoms with E-state index in [1.54, 1.807) is 0 Å². The molecule has 1 nitrogen and oxygen atoms in total. The summed E-state index contributed by atoms with van der Waals surface area (Å²) in [5.74, 6) is 0.843. The van der Waals surface area contributed by atoms with Gasteiger partial charge in [-0.2, -0.15) is 0 Å². The third-order valence-electron chi connectivity index (χ3n) is 1.85. The summed E-state index contributed by atoms with van der Waals surface area (Å²) in [4.78, 5) is 0. The Labute approximate surface area is 71.4 Å². The van der Waals surface area contributed by atoms with Gasteiger partial charge >= 0.3 is 0 Å². The molecule has 0 spiro atoms. The van der Waals surface area contributed by atoms with E-state index in [1.807, 2.05) is 0 Å². The van der Waals surface area contributed by atoms with Gasteiger partial charge in [0.15, 0.2) is 0 Å². The lowest BCUT2D eigenvalue weighted by atomic mass is 9.96. The Morgan fingerprint density at radius 1 is 1.18 bits per heavy atom. The number of nitrogens with two attached hydrogens (primary N) is 1. The fraction of sp³-hybridized carbons (Fsp3) is 1.00. The van der Waals surface area contributed by atoms with Crippen molar-refractivity contribution in [2.75, 3.05) is 0 Å². The van der Waals surface area contributed by atoms with Gasteiger partial charge in [0.2, 0.25) is 0 Å². The first-order valence-electron chi connectivity index (χ1n) is 4.71. The maximum Gasteiger partial charge on any atom is 0.00970 e. The topological polar surface area (TPSA) is 26.0 Å². The van der Waals surface area contributed by atoms with E-state index in [2.05, 4.69) is 27.7 Å². The minimum absolute atomic E-state index is 0.0387. The standard InChI is InChI=1S/C10H23N/c1-9(2)7-5-6-8-10(3,4)11/h9H,5-8,11H2,1-4H3. The van der Waals surface area contributed by atoms with E-state index in [0.717, 1.165) is 12.3 Å². The van der Waals surface area contributed by atoms with Crippen LogP contribution in [0.25, 0.3) is 0 Å². The van der Waals surface area contributed by atoms with Crippen molar-refractivity contribution in [2.45, 2.75) is 58.9 Å². The van der Waals surface area contributed by atoms with Crippen LogP contribution in [0.3, 0.4) is 0 Å². The Kier molecular flexibility index (Phi) is 4.74. The Morgan fingerprint density at radius 2 is 1.73 bits per heavy atom. The van der Waals surface area contributed by atoms with Gasteiger partial charge in [-0.25, -0.2) is 0 Å². The van der Waals surface area contributed by atoms with Crippen molar-refractivity contribution in [3.8, 4) is 0 Å². The fourth-order valence-electron chi connectivity index (χ4n) is 1.13. The Balaban J connectivity index is 3.15. The molecular formula is C10H23N. The first-order valence-corrected chi connectivity index (χ1v) is 4.71. The minimum atomic E-state index is 0.0387. The Morgan fingerprint density at radius 3 is 2.09 bits per heavy atom. The largest absolute Gasteiger partial charge is 0.326 e. The average Bonchev–Trinajstić information content (AvgIpc) is 1.78. The number of hydrogen-bond donors (Lipinski definition) is 1. The van der Waals surface area contributed by atoms with Gasteiger partial charge in [-0.05, 0) is 26.2 Å². The molecule has 0 aliphatic carbocycles. The summed E-state index contributed by atoms with van der Waals surface area (Å²) in [6.07, 6.45) is 5.11. The Hall–Kier alpha value is -0.0400. The third kappa shape index (κ3) is 9.96. The van der Waals surface area contributed by atoms with Crippen LogP contribution in [0, 0.1) is 5.92 Å². The van der Waals surface area contributed by atoms with Crippen LogP contribution >= 0.6 is 0 Å². The highest BCUT2D eigenvalue weighted by molar-refractivity contribution is 4.70. The van der Waals surface area contributed by atoms with E-state index < -0.39 is 0 Å². The summed E-state index contributed by atoms with van der Waals surface area (Å²) in [5, 5.41) is 0. The highest BCUT2D eigenvalue weighted by Crippen LogP contribution is 2.13. The summed E-state index contributed by atoms with van der Waals surface area (Å²) in [6.45, 7) is 8.74. The quantitative estimate of drug-likeness (QED) is 0.610. The molecule has 0 saturated heterocycles. The van der Waals surface area contributed by atoms with Gasteiger partial charge in [-0.15, -0.1) is 0 Å². The molecule has 0 rings (SSSR count). The highest BCUT2D eigenvalue weighted by Gasteiger charge is 2.09. The second-order valence-corrected chi connectivity index (χ2v) is 4.63. The zero-order valence-corrected chi connectivity index (χ0v) is 8.48. The van der Waals surface area contributed by atoms with Crippen LogP contribution < -0.4 is 5.73 Å². The second kappa shape index (κ2) is 4.76. The number of rotatable bonds is 5. The van der Waals surface area contributed by atoms with E-state index in [-0.39, 0.29) is 5.54 Å². The molecule has 0 amide bonds. The molecule has 0 aliphatic rings. The van der Waals surface area contributed by atoms with Gasteiger partial charge in [0.25, 0.3) is 0 Å². The smallest absolute Gasteiger partial charge is 0.00970 e. The van der Waals surface area contributed by atoms with Crippen molar-refractivity contribution in [1.82, 2.24) is 0 Å². The third-order valence-corrected chi connectivity index (χ3v) is 1.85. The fourth-order valence-corrected chi connectivity index (χ4v) is 1.13. The molecular weight excluding hydrogens is 134 g/mol. The van der Waals surface area contributed by atoms with Gasteiger partial charge in [-0.1, -0.05) is 33.1 Å². The lowest BCUT2D eigenvalue weighted by Crippen LogP contribution is -2.31. The Bertz CT molecular complexity index is 89.5. The molecule has 0 unspecified atom stereocenters. The molecule has 0 atom stereocenters. The van der Waals surface area contributed by atoms with Crippen LogP contribution in [0.1, 0.15) is 53.4 Å². The van der Waals surface area contributed by atoms with Gasteiger partial charge in [0.05, 0.1) is 0 Å². The zero-order chi connectivity index (χ0) is 8.91. The molecule has 11 heavy (non-hydrogen) atoms. The predicted octanol–water partition coefficient (Wildman–Crippen LogP) is 2.94. The van der Waals surface area contributed by atoms with Crippen LogP contribution in [-0.4, -0.2) is 5.54 Å². The molecule has 0 heterocycles. The molecule has 0 bridgehead atoms. The molecule has 0 radical (unpaired) electrons. The molecule has 0 aromatic rings. The summed E-state index contributed by atoms with van der Waals surface area (Å²) >= 11 is 0. The summed E-state index contributed by atoms with van der Waals surface area (Å²) in [5.41, 5.74) is 5.89. The highest BCUT2D eigenvalue weighted by atomic mass is 14.7. The van der Waals surface area contributed by atoms with Crippen molar-refractivity contribution >= 4 is 0 Å². The lowest BCUT2D eigenvalue weighted by molar-refractivity contribution is 0.429. The molecule has 0 aromatic heterocycles. The minimum Gasteiger partial charge on any atom is -0.326 e. The molecule has 0 saturated carbocycles. The summed E-state index contributed by atoms with van der Waals surface area (Å²) < 4.78 is 0. The molecule has 68 valence electrons. The zero-order valence-electron chi connectivity index (χ0n) is 8.48. The maximum absolute atomic E-state index is 5.85. The van der Waals surface area contributed by atoms with E-state index in [4.69, 9.17) is 5.73 Å². The van der Waals surface area contributed by atoms with Crippen LogP contribution in [-0.2, 0) is 0 Å². The SMILES string of the molecule is CC(C)CCCCC(C)(C)N. The van der Waals surface area contributed by atoms with E-state index in [1.165, 1.54) is 19.3 Å². The molecule has 1 heteroatoms. The molecule has 0 aliphatic heterocycles. The predicted molar refractivity (Wildman–Crippen MR) is 51.6 cm³/mol. The van der Waals surface area contributed by atoms with Crippen molar-refractivity contribution in [1.29, 1.82) is 0 Å². The molecule has 0 aromatic carbocycles. The van der Waals surface area contributed by atoms with Crippen LogP contribution in [0.2, 0.25) is 0 Å². The summed E-state index contributed by atoms with van der Waals surface area (Å²) in [6, 6.07) is 0. The van der Waals surface area contributed by atoms with Gasteiger partial charge in [0, 0.05) is 5.54 Å². The first-order chi connectivity index (χ1) is 4.92. The van der Waals surface area contributed by atoms with Gasteiger partial charge in [0.1, 0.15) is 0 Å². The average molecular weight is 157 g/mol. The van der Waals surface area contributed by atoms with E-state index >= 15 is 0 Å². The van der Waals surface area contributed by atoms with Crippen LogP contribution in [0.15, 0.2) is 0 Å².